The van der Waals surface area contributed by atoms with E-state index in [9.17, 15) is 18.0 Å². The second kappa shape index (κ2) is 7.14. The molecule has 0 aromatic heterocycles. The Morgan fingerprint density at radius 2 is 2.15 bits per heavy atom. The molecule has 0 saturated heterocycles. The van der Waals surface area contributed by atoms with Crippen molar-refractivity contribution in [2.75, 3.05) is 13.2 Å². The molecule has 0 spiro atoms. The van der Waals surface area contributed by atoms with E-state index < -0.39 is 25.2 Å². The second-order valence-electron chi connectivity index (χ2n) is 4.51. The Kier molecular flexibility index (Phi) is 5.82. The Morgan fingerprint density at radius 1 is 1.45 bits per heavy atom. The predicted molar refractivity (Wildman–Crippen MR) is 68.4 cm³/mol. The number of ether oxygens (including phenoxy) is 1. The molecule has 1 unspecified atom stereocenters. The first-order valence-corrected chi connectivity index (χ1v) is 6.07. The lowest BCUT2D eigenvalue weighted by molar-refractivity contribution is -0.139. The van der Waals surface area contributed by atoms with Gasteiger partial charge in [-0.3, -0.25) is 4.79 Å². The van der Waals surface area contributed by atoms with Gasteiger partial charge in [-0.2, -0.15) is 13.2 Å². The van der Waals surface area contributed by atoms with E-state index in [2.05, 4.69) is 0 Å². The van der Waals surface area contributed by atoms with Crippen molar-refractivity contribution in [3.8, 4) is 5.75 Å². The molecule has 0 aliphatic carbocycles. The maximum Gasteiger partial charge on any atom is 0.405 e. The summed E-state index contributed by atoms with van der Waals surface area (Å²) in [6, 6.07) is 6.92. The molecule has 0 radical (unpaired) electrons. The zero-order chi connectivity index (χ0) is 15.2. The summed E-state index contributed by atoms with van der Waals surface area (Å²) >= 11 is 0. The first-order valence-electron chi connectivity index (χ1n) is 6.07. The summed E-state index contributed by atoms with van der Waals surface area (Å²) in [6.45, 7) is 0.0374. The van der Waals surface area contributed by atoms with E-state index in [1.54, 1.807) is 23.5 Å². The minimum absolute atomic E-state index is 0.0136. The molecule has 0 bridgehead atoms. The molecular formula is C13H17F3N2O2. The summed E-state index contributed by atoms with van der Waals surface area (Å²) in [5, 5.41) is 1.73. The number of carbonyl (C=O) groups is 1. The Morgan fingerprint density at radius 3 is 2.75 bits per heavy atom. The maximum absolute atomic E-state index is 11.9. The second-order valence-corrected chi connectivity index (χ2v) is 4.51. The topological polar surface area (TPSA) is 64.3 Å². The van der Waals surface area contributed by atoms with E-state index in [0.29, 0.717) is 12.2 Å². The van der Waals surface area contributed by atoms with E-state index in [0.717, 1.165) is 5.56 Å². The van der Waals surface area contributed by atoms with Crippen LogP contribution in [0.2, 0.25) is 0 Å². The number of nitrogens with one attached hydrogen (secondary N) is 1. The highest BCUT2D eigenvalue weighted by atomic mass is 19.4. The smallest absolute Gasteiger partial charge is 0.405 e. The number of nitrogens with two attached hydrogens (primary N) is 1. The van der Waals surface area contributed by atoms with Crippen LogP contribution in [0.5, 0.6) is 5.75 Å². The highest BCUT2D eigenvalue weighted by Gasteiger charge is 2.27. The van der Waals surface area contributed by atoms with Crippen LogP contribution in [0, 0.1) is 0 Å². The lowest BCUT2D eigenvalue weighted by Gasteiger charge is -2.11. The predicted octanol–water partition coefficient (Wildman–Crippen LogP) is 1.63. The van der Waals surface area contributed by atoms with Gasteiger partial charge in [0.2, 0.25) is 0 Å². The molecule has 7 heteroatoms. The van der Waals surface area contributed by atoms with E-state index in [1.807, 2.05) is 13.0 Å². The third-order valence-corrected chi connectivity index (χ3v) is 2.31. The number of alkyl halides is 3. The van der Waals surface area contributed by atoms with Crippen LogP contribution in [0.3, 0.4) is 0 Å². The lowest BCUT2D eigenvalue weighted by atomic mass is 10.1. The zero-order valence-corrected chi connectivity index (χ0v) is 11.0. The highest BCUT2D eigenvalue weighted by Crippen LogP contribution is 2.15. The number of halogens is 3. The number of hydrogen-bond donors (Lipinski definition) is 2. The van der Waals surface area contributed by atoms with Crippen LogP contribution in [-0.4, -0.2) is 31.3 Å². The van der Waals surface area contributed by atoms with Gasteiger partial charge < -0.3 is 15.8 Å². The van der Waals surface area contributed by atoms with Gasteiger partial charge in [-0.05, 0) is 31.0 Å². The normalized spacial score (nSPS) is 12.8. The molecule has 1 rings (SSSR count). The van der Waals surface area contributed by atoms with Crippen molar-refractivity contribution in [1.82, 2.24) is 5.32 Å². The maximum atomic E-state index is 11.9. The monoisotopic (exact) mass is 290 g/mol. The Balaban J connectivity index is 2.43. The number of amides is 1. The molecule has 0 fully saturated rings. The van der Waals surface area contributed by atoms with Crippen molar-refractivity contribution >= 4 is 5.91 Å². The van der Waals surface area contributed by atoms with E-state index in [-0.39, 0.29) is 6.04 Å². The minimum Gasteiger partial charge on any atom is -0.484 e. The quantitative estimate of drug-likeness (QED) is 0.837. The van der Waals surface area contributed by atoms with Crippen LogP contribution in [0.1, 0.15) is 12.5 Å². The highest BCUT2D eigenvalue weighted by molar-refractivity contribution is 5.77. The first-order chi connectivity index (χ1) is 9.26. The summed E-state index contributed by atoms with van der Waals surface area (Å²) in [6.07, 6.45) is -3.77. The fourth-order valence-electron chi connectivity index (χ4n) is 1.53. The number of hydrogen-bond acceptors (Lipinski definition) is 3. The SMILES string of the molecule is CC(N)Cc1cccc(OCC(=O)NCC(F)(F)F)c1. The molecule has 0 heterocycles. The first kappa shape index (κ1) is 16.3. The van der Waals surface area contributed by atoms with Crippen molar-refractivity contribution in [1.29, 1.82) is 0 Å². The minimum atomic E-state index is -4.42. The van der Waals surface area contributed by atoms with Gasteiger partial charge in [0.25, 0.3) is 5.91 Å². The number of benzene rings is 1. The van der Waals surface area contributed by atoms with Crippen LogP contribution in [0.4, 0.5) is 13.2 Å². The van der Waals surface area contributed by atoms with E-state index in [1.165, 1.54) is 0 Å². The van der Waals surface area contributed by atoms with Crippen LogP contribution in [0.25, 0.3) is 0 Å². The zero-order valence-electron chi connectivity index (χ0n) is 11.0. The molecule has 1 aromatic carbocycles. The van der Waals surface area contributed by atoms with E-state index >= 15 is 0 Å². The molecule has 112 valence electrons. The molecule has 4 nitrogen and oxygen atoms in total. The summed E-state index contributed by atoms with van der Waals surface area (Å²) in [5.41, 5.74) is 6.60. The molecular weight excluding hydrogens is 273 g/mol. The van der Waals surface area contributed by atoms with Crippen molar-refractivity contribution in [3.05, 3.63) is 29.8 Å². The molecule has 0 aliphatic heterocycles. The molecule has 1 aromatic rings. The van der Waals surface area contributed by atoms with Gasteiger partial charge in [0.15, 0.2) is 6.61 Å². The third-order valence-electron chi connectivity index (χ3n) is 2.31. The van der Waals surface area contributed by atoms with Gasteiger partial charge in [0.05, 0.1) is 0 Å². The van der Waals surface area contributed by atoms with Crippen LogP contribution >= 0.6 is 0 Å². The molecule has 1 amide bonds. The van der Waals surface area contributed by atoms with Gasteiger partial charge in [-0.15, -0.1) is 0 Å². The summed E-state index contributed by atoms with van der Waals surface area (Å²) in [5.74, 6) is -0.398. The Bertz CT molecular complexity index is 447. The molecule has 20 heavy (non-hydrogen) atoms. The Labute approximate surface area is 115 Å². The third kappa shape index (κ3) is 6.98. The largest absolute Gasteiger partial charge is 0.484 e. The average molecular weight is 290 g/mol. The van der Waals surface area contributed by atoms with Crippen molar-refractivity contribution in [2.24, 2.45) is 5.73 Å². The molecule has 1 atom stereocenters. The van der Waals surface area contributed by atoms with Crippen LogP contribution in [0.15, 0.2) is 24.3 Å². The Hall–Kier alpha value is -1.76. The molecule has 0 saturated carbocycles. The van der Waals surface area contributed by atoms with Crippen molar-refractivity contribution in [2.45, 2.75) is 25.6 Å². The average Bonchev–Trinajstić information content (AvgIpc) is 2.32. The summed E-state index contributed by atoms with van der Waals surface area (Å²) in [7, 11) is 0. The van der Waals surface area contributed by atoms with Gasteiger partial charge in [0, 0.05) is 6.04 Å². The van der Waals surface area contributed by atoms with Crippen molar-refractivity contribution < 1.29 is 22.7 Å². The van der Waals surface area contributed by atoms with Gasteiger partial charge in [-0.25, -0.2) is 0 Å². The van der Waals surface area contributed by atoms with Crippen molar-refractivity contribution in [3.63, 3.8) is 0 Å². The van der Waals surface area contributed by atoms with Gasteiger partial charge in [-0.1, -0.05) is 12.1 Å². The summed E-state index contributed by atoms with van der Waals surface area (Å²) in [4.78, 5) is 11.2. The van der Waals surface area contributed by atoms with Gasteiger partial charge >= 0.3 is 6.18 Å². The molecule has 3 N–H and O–H groups in total. The molecule has 0 aliphatic rings. The van der Waals surface area contributed by atoms with Crippen LogP contribution < -0.4 is 15.8 Å². The van der Waals surface area contributed by atoms with Crippen LogP contribution in [-0.2, 0) is 11.2 Å². The fourth-order valence-corrected chi connectivity index (χ4v) is 1.53. The number of carbonyl (C=O) groups excluding carboxylic acids is 1. The lowest BCUT2D eigenvalue weighted by Crippen LogP contribution is -2.36. The number of rotatable bonds is 6. The van der Waals surface area contributed by atoms with Gasteiger partial charge in [0.1, 0.15) is 12.3 Å². The van der Waals surface area contributed by atoms with E-state index in [4.69, 9.17) is 10.5 Å². The fraction of sp³-hybridized carbons (Fsp3) is 0.462. The summed E-state index contributed by atoms with van der Waals surface area (Å²) < 4.78 is 40.8. The standard InChI is InChI=1S/C13H17F3N2O2/c1-9(17)5-10-3-2-4-11(6-10)20-7-12(19)18-8-13(14,15)16/h2-4,6,9H,5,7-8,17H2,1H3,(H,18,19).